The molecule has 1 aromatic carbocycles. The van der Waals surface area contributed by atoms with Crippen LogP contribution in [0.25, 0.3) is 0 Å². The number of rotatable bonds is 1. The van der Waals surface area contributed by atoms with Gasteiger partial charge in [-0.2, -0.15) is 0 Å². The second-order valence-electron chi connectivity index (χ2n) is 7.21. The molecule has 1 N–H and O–H groups in total. The van der Waals surface area contributed by atoms with Gasteiger partial charge < -0.3 is 10.1 Å². The topological polar surface area (TPSA) is 21.3 Å². The summed E-state index contributed by atoms with van der Waals surface area (Å²) in [6.07, 6.45) is 1.14. The molecule has 1 fully saturated rings. The summed E-state index contributed by atoms with van der Waals surface area (Å²) in [7, 11) is 0. The molecule has 0 aliphatic carbocycles. The molecule has 19 heavy (non-hydrogen) atoms. The SMILES string of the molecule is CC1(C)CC(C2CNCc3ccccc32)C(C)(C)O1. The lowest BCUT2D eigenvalue weighted by molar-refractivity contribution is -0.0770. The number of benzene rings is 1. The second kappa shape index (κ2) is 4.32. The van der Waals surface area contributed by atoms with Gasteiger partial charge in [-0.25, -0.2) is 0 Å². The molecule has 104 valence electrons. The summed E-state index contributed by atoms with van der Waals surface area (Å²) in [5, 5.41) is 3.58. The maximum absolute atomic E-state index is 6.29. The highest BCUT2D eigenvalue weighted by Crippen LogP contribution is 2.49. The first-order chi connectivity index (χ1) is 8.89. The minimum atomic E-state index is -0.0414. The third kappa shape index (κ3) is 2.32. The van der Waals surface area contributed by atoms with Gasteiger partial charge in [0.15, 0.2) is 0 Å². The van der Waals surface area contributed by atoms with Gasteiger partial charge in [0, 0.05) is 19.0 Å². The van der Waals surface area contributed by atoms with E-state index in [0.717, 1.165) is 19.5 Å². The lowest BCUT2D eigenvalue weighted by Gasteiger charge is -2.36. The molecule has 0 aromatic heterocycles. The third-order valence-corrected chi connectivity index (χ3v) is 4.76. The summed E-state index contributed by atoms with van der Waals surface area (Å²) >= 11 is 0. The van der Waals surface area contributed by atoms with E-state index in [-0.39, 0.29) is 11.2 Å². The van der Waals surface area contributed by atoms with E-state index in [9.17, 15) is 0 Å². The monoisotopic (exact) mass is 259 g/mol. The first-order valence-corrected chi connectivity index (χ1v) is 7.38. The van der Waals surface area contributed by atoms with E-state index in [2.05, 4.69) is 57.3 Å². The summed E-state index contributed by atoms with van der Waals surface area (Å²) < 4.78 is 6.29. The summed E-state index contributed by atoms with van der Waals surface area (Å²) in [5.74, 6) is 1.15. The van der Waals surface area contributed by atoms with E-state index in [1.165, 1.54) is 11.1 Å². The standard InChI is InChI=1S/C17H25NO/c1-16(2)9-15(17(3,4)19-16)14-11-18-10-12-7-5-6-8-13(12)14/h5-8,14-15,18H,9-11H2,1-4H3. The van der Waals surface area contributed by atoms with Gasteiger partial charge in [0.1, 0.15) is 0 Å². The van der Waals surface area contributed by atoms with Gasteiger partial charge in [0.25, 0.3) is 0 Å². The Bertz CT molecular complexity index is 478. The number of nitrogens with one attached hydrogen (secondary N) is 1. The molecule has 3 rings (SSSR count). The molecule has 2 aliphatic rings. The minimum Gasteiger partial charge on any atom is -0.369 e. The van der Waals surface area contributed by atoms with Crippen molar-refractivity contribution < 1.29 is 4.74 Å². The molecule has 0 spiro atoms. The molecule has 1 saturated heterocycles. The van der Waals surface area contributed by atoms with Crippen molar-refractivity contribution in [2.75, 3.05) is 6.54 Å². The first kappa shape index (κ1) is 13.1. The van der Waals surface area contributed by atoms with Gasteiger partial charge in [-0.15, -0.1) is 0 Å². The Balaban J connectivity index is 1.96. The van der Waals surface area contributed by atoms with Crippen molar-refractivity contribution >= 4 is 0 Å². The normalized spacial score (nSPS) is 32.0. The van der Waals surface area contributed by atoms with Gasteiger partial charge in [0.05, 0.1) is 11.2 Å². The Labute approximate surface area is 116 Å². The first-order valence-electron chi connectivity index (χ1n) is 7.38. The van der Waals surface area contributed by atoms with Crippen molar-refractivity contribution in [3.63, 3.8) is 0 Å². The maximum Gasteiger partial charge on any atom is 0.0669 e. The quantitative estimate of drug-likeness (QED) is 0.834. The van der Waals surface area contributed by atoms with Crippen LogP contribution < -0.4 is 5.32 Å². The molecule has 0 bridgehead atoms. The third-order valence-electron chi connectivity index (χ3n) is 4.76. The molecule has 2 aliphatic heterocycles. The molecular weight excluding hydrogens is 234 g/mol. The molecule has 0 amide bonds. The Morgan fingerprint density at radius 1 is 1.16 bits per heavy atom. The van der Waals surface area contributed by atoms with Crippen molar-refractivity contribution in [3.05, 3.63) is 35.4 Å². The molecule has 2 nitrogen and oxygen atoms in total. The average Bonchev–Trinajstić information content (AvgIpc) is 2.56. The van der Waals surface area contributed by atoms with Crippen LogP contribution in [0.4, 0.5) is 0 Å². The lowest BCUT2D eigenvalue weighted by atomic mass is 9.72. The van der Waals surface area contributed by atoms with E-state index in [1.54, 1.807) is 0 Å². The van der Waals surface area contributed by atoms with E-state index in [1.807, 2.05) is 0 Å². The van der Waals surface area contributed by atoms with Gasteiger partial charge in [-0.1, -0.05) is 24.3 Å². The summed E-state index contributed by atoms with van der Waals surface area (Å²) in [6, 6.07) is 8.87. The fraction of sp³-hybridized carbons (Fsp3) is 0.647. The Morgan fingerprint density at radius 2 is 1.89 bits per heavy atom. The number of fused-ring (bicyclic) bond motifs is 1. The van der Waals surface area contributed by atoms with E-state index in [0.29, 0.717) is 11.8 Å². The van der Waals surface area contributed by atoms with Crippen molar-refractivity contribution in [2.24, 2.45) is 5.92 Å². The molecule has 0 radical (unpaired) electrons. The average molecular weight is 259 g/mol. The highest BCUT2D eigenvalue weighted by Gasteiger charge is 2.49. The molecule has 2 heteroatoms. The van der Waals surface area contributed by atoms with Crippen LogP contribution in [0.2, 0.25) is 0 Å². The minimum absolute atomic E-state index is 0.000553. The lowest BCUT2D eigenvalue weighted by Crippen LogP contribution is -2.39. The Kier molecular flexibility index (Phi) is 2.99. The predicted molar refractivity (Wildman–Crippen MR) is 78.2 cm³/mol. The fourth-order valence-electron chi connectivity index (χ4n) is 4.12. The van der Waals surface area contributed by atoms with E-state index < -0.39 is 0 Å². The van der Waals surface area contributed by atoms with Crippen molar-refractivity contribution in [2.45, 2.75) is 57.8 Å². The van der Waals surface area contributed by atoms with Crippen LogP contribution in [0.15, 0.2) is 24.3 Å². The smallest absolute Gasteiger partial charge is 0.0669 e. The molecule has 2 atom stereocenters. The van der Waals surface area contributed by atoms with Crippen LogP contribution in [0.1, 0.15) is 51.2 Å². The highest BCUT2D eigenvalue weighted by atomic mass is 16.5. The molecule has 1 aromatic rings. The van der Waals surface area contributed by atoms with Crippen LogP contribution >= 0.6 is 0 Å². The van der Waals surface area contributed by atoms with Gasteiger partial charge in [-0.05, 0) is 51.2 Å². The number of ether oxygens (including phenoxy) is 1. The van der Waals surface area contributed by atoms with Gasteiger partial charge in [0.2, 0.25) is 0 Å². The fourth-order valence-corrected chi connectivity index (χ4v) is 4.12. The predicted octanol–water partition coefficient (Wildman–Crippen LogP) is 3.47. The summed E-state index contributed by atoms with van der Waals surface area (Å²) in [4.78, 5) is 0. The van der Waals surface area contributed by atoms with Crippen LogP contribution in [0, 0.1) is 5.92 Å². The second-order valence-corrected chi connectivity index (χ2v) is 7.21. The number of hydrogen-bond donors (Lipinski definition) is 1. The molecule has 2 unspecified atom stereocenters. The Morgan fingerprint density at radius 3 is 2.58 bits per heavy atom. The van der Waals surface area contributed by atoms with Crippen LogP contribution in [0.3, 0.4) is 0 Å². The van der Waals surface area contributed by atoms with E-state index in [4.69, 9.17) is 4.74 Å². The zero-order valence-corrected chi connectivity index (χ0v) is 12.5. The van der Waals surface area contributed by atoms with Crippen LogP contribution in [0.5, 0.6) is 0 Å². The van der Waals surface area contributed by atoms with Gasteiger partial charge in [-0.3, -0.25) is 0 Å². The van der Waals surface area contributed by atoms with Crippen molar-refractivity contribution in [3.8, 4) is 0 Å². The van der Waals surface area contributed by atoms with E-state index >= 15 is 0 Å². The largest absolute Gasteiger partial charge is 0.369 e. The summed E-state index contributed by atoms with van der Waals surface area (Å²) in [6.45, 7) is 11.0. The number of hydrogen-bond acceptors (Lipinski definition) is 2. The van der Waals surface area contributed by atoms with Gasteiger partial charge >= 0.3 is 0 Å². The van der Waals surface area contributed by atoms with Crippen molar-refractivity contribution in [1.82, 2.24) is 5.32 Å². The van der Waals surface area contributed by atoms with Crippen LogP contribution in [-0.2, 0) is 11.3 Å². The zero-order valence-electron chi connectivity index (χ0n) is 12.5. The van der Waals surface area contributed by atoms with Crippen molar-refractivity contribution in [1.29, 1.82) is 0 Å². The zero-order chi connectivity index (χ0) is 13.7. The molecule has 0 saturated carbocycles. The van der Waals surface area contributed by atoms with Crippen LogP contribution in [-0.4, -0.2) is 17.7 Å². The maximum atomic E-state index is 6.29. The highest BCUT2D eigenvalue weighted by molar-refractivity contribution is 5.34. The summed E-state index contributed by atoms with van der Waals surface area (Å²) in [5.41, 5.74) is 2.95. The molecule has 2 heterocycles. The molecular formula is C17H25NO. The Hall–Kier alpha value is -0.860.